The largest absolute Gasteiger partial charge is 0.232 e. The van der Waals surface area contributed by atoms with Crippen LogP contribution in [0.25, 0.3) is 6.08 Å². The minimum absolute atomic E-state index is 0.747. The molecule has 0 radical (unpaired) electrons. The summed E-state index contributed by atoms with van der Waals surface area (Å²) in [5.41, 5.74) is 1.01. The molecule has 1 rings (SSSR count). The Morgan fingerprint density at radius 2 is 2.55 bits per heavy atom. The van der Waals surface area contributed by atoms with E-state index in [0.717, 1.165) is 17.9 Å². The summed E-state index contributed by atoms with van der Waals surface area (Å²) in [5.74, 6) is 0.747. The van der Waals surface area contributed by atoms with Crippen LogP contribution in [0.4, 0.5) is 0 Å². The first-order chi connectivity index (χ1) is 5.31. The van der Waals surface area contributed by atoms with Crippen molar-refractivity contribution >= 4 is 12.8 Å². The van der Waals surface area contributed by atoms with Crippen LogP contribution in [-0.4, -0.2) is 16.4 Å². The zero-order valence-corrected chi connectivity index (χ0v) is 6.62. The molecule has 0 N–H and O–H groups in total. The Kier molecular flexibility index (Phi) is 2.21. The molecule has 0 saturated carbocycles. The Bertz CT molecular complexity index is 247. The van der Waals surface area contributed by atoms with Gasteiger partial charge in [0.05, 0.1) is 11.9 Å². The number of nitrogens with zero attached hydrogens (tertiary/aromatic N) is 3. The van der Waals surface area contributed by atoms with E-state index < -0.39 is 0 Å². The van der Waals surface area contributed by atoms with E-state index in [4.69, 9.17) is 0 Å². The predicted octanol–water partition coefficient (Wildman–Crippen LogP) is 1.55. The van der Waals surface area contributed by atoms with Crippen LogP contribution in [-0.2, 0) is 6.42 Å². The molecule has 58 valence electrons. The number of aromatic nitrogens is 2. The second-order valence-electron chi connectivity index (χ2n) is 2.13. The lowest BCUT2D eigenvalue weighted by Crippen LogP contribution is -1.87. The molecule has 1 aromatic heterocycles. The number of rotatable bonds is 3. The van der Waals surface area contributed by atoms with Crippen LogP contribution in [0.15, 0.2) is 17.9 Å². The summed E-state index contributed by atoms with van der Waals surface area (Å²) in [6.07, 6.45) is 4.42. The van der Waals surface area contributed by atoms with Crippen molar-refractivity contribution < 1.29 is 0 Å². The van der Waals surface area contributed by atoms with Crippen molar-refractivity contribution in [1.29, 1.82) is 0 Å². The summed E-state index contributed by atoms with van der Waals surface area (Å²) >= 11 is 0. The number of hydrogen-bond donors (Lipinski definition) is 0. The maximum atomic E-state index is 4.23. The molecule has 0 aliphatic heterocycles. The maximum Gasteiger partial charge on any atom is 0.153 e. The molecule has 11 heavy (non-hydrogen) atoms. The molecule has 0 aromatic carbocycles. The third-order valence-corrected chi connectivity index (χ3v) is 1.46. The zero-order chi connectivity index (χ0) is 8.27. The minimum atomic E-state index is 0.747. The molecule has 1 aromatic rings. The van der Waals surface area contributed by atoms with Crippen molar-refractivity contribution in [3.05, 3.63) is 24.3 Å². The fraction of sp³-hybridized carbons (Fsp3) is 0.250. The molecular weight excluding hydrogens is 138 g/mol. The monoisotopic (exact) mass is 149 g/mol. The Hall–Kier alpha value is -1.38. The lowest BCUT2D eigenvalue weighted by atomic mass is 10.4. The number of aryl methyl sites for hydroxylation is 1. The Morgan fingerprint density at radius 1 is 1.82 bits per heavy atom. The van der Waals surface area contributed by atoms with Crippen molar-refractivity contribution in [3.8, 4) is 0 Å². The van der Waals surface area contributed by atoms with Crippen LogP contribution in [0, 0.1) is 0 Å². The second-order valence-corrected chi connectivity index (χ2v) is 2.13. The van der Waals surface area contributed by atoms with Crippen LogP contribution in [0.3, 0.4) is 0 Å². The molecule has 3 heteroatoms. The first kappa shape index (κ1) is 7.72. The predicted molar refractivity (Wildman–Crippen MR) is 46.6 cm³/mol. The second kappa shape index (κ2) is 3.14. The van der Waals surface area contributed by atoms with E-state index in [1.807, 2.05) is 13.1 Å². The van der Waals surface area contributed by atoms with E-state index in [0.29, 0.717) is 0 Å². The van der Waals surface area contributed by atoms with E-state index in [-0.39, 0.29) is 0 Å². The van der Waals surface area contributed by atoms with Crippen molar-refractivity contribution in [1.82, 2.24) is 9.66 Å². The molecular formula is C8H11N3. The topological polar surface area (TPSA) is 30.2 Å². The van der Waals surface area contributed by atoms with Gasteiger partial charge in [0, 0.05) is 6.72 Å². The summed E-state index contributed by atoms with van der Waals surface area (Å²) in [4.78, 5) is 4.23. The highest BCUT2D eigenvalue weighted by Gasteiger charge is 2.00. The van der Waals surface area contributed by atoms with Gasteiger partial charge in [-0.3, -0.25) is 0 Å². The smallest absolute Gasteiger partial charge is 0.153 e. The van der Waals surface area contributed by atoms with E-state index in [9.17, 15) is 0 Å². The van der Waals surface area contributed by atoms with E-state index in [2.05, 4.69) is 23.4 Å². The van der Waals surface area contributed by atoms with E-state index in [1.165, 1.54) is 0 Å². The Morgan fingerprint density at radius 3 is 2.91 bits per heavy atom. The summed E-state index contributed by atoms with van der Waals surface area (Å²) in [6.45, 7) is 9.07. The number of hydrogen-bond acceptors (Lipinski definition) is 2. The maximum absolute atomic E-state index is 4.23. The summed E-state index contributed by atoms with van der Waals surface area (Å²) in [6, 6.07) is 0. The van der Waals surface area contributed by atoms with Crippen LogP contribution < -0.4 is 0 Å². The quantitative estimate of drug-likeness (QED) is 0.600. The van der Waals surface area contributed by atoms with Gasteiger partial charge in [0.2, 0.25) is 0 Å². The van der Waals surface area contributed by atoms with Crippen molar-refractivity contribution in [2.75, 3.05) is 0 Å². The van der Waals surface area contributed by atoms with Crippen LogP contribution in [0.5, 0.6) is 0 Å². The molecule has 1 heterocycles. The lowest BCUT2D eigenvalue weighted by molar-refractivity contribution is 0.871. The van der Waals surface area contributed by atoms with E-state index >= 15 is 0 Å². The highest BCUT2D eigenvalue weighted by molar-refractivity contribution is 5.38. The Balaban J connectivity index is 3.11. The van der Waals surface area contributed by atoms with Gasteiger partial charge in [0.25, 0.3) is 0 Å². The van der Waals surface area contributed by atoms with Crippen LogP contribution in [0.1, 0.15) is 18.4 Å². The first-order valence-electron chi connectivity index (χ1n) is 3.49. The molecule has 0 saturated heterocycles. The van der Waals surface area contributed by atoms with Gasteiger partial charge in [-0.2, -0.15) is 5.10 Å². The molecule has 0 atom stereocenters. The lowest BCUT2D eigenvalue weighted by Gasteiger charge is -1.90. The van der Waals surface area contributed by atoms with Gasteiger partial charge >= 0.3 is 0 Å². The minimum Gasteiger partial charge on any atom is -0.232 e. The Labute approximate surface area is 66.1 Å². The average molecular weight is 149 g/mol. The molecule has 0 spiro atoms. The van der Waals surface area contributed by atoms with Gasteiger partial charge in [0.15, 0.2) is 5.82 Å². The SMILES string of the molecule is C=Cc1nc(CC)cn1N=C. The van der Waals surface area contributed by atoms with E-state index in [1.54, 1.807) is 10.8 Å². The number of imidazole rings is 1. The standard InChI is InChI=1S/C8H11N3/c1-4-7-6-11(9-3)8(5-2)10-7/h5-6H,2-4H2,1H3. The molecule has 0 aliphatic rings. The van der Waals surface area contributed by atoms with Crippen molar-refractivity contribution in [2.24, 2.45) is 5.10 Å². The van der Waals surface area contributed by atoms with Crippen LogP contribution in [0.2, 0.25) is 0 Å². The zero-order valence-electron chi connectivity index (χ0n) is 6.62. The average Bonchev–Trinajstić information content (AvgIpc) is 2.46. The van der Waals surface area contributed by atoms with Gasteiger partial charge in [0.1, 0.15) is 0 Å². The molecule has 0 fully saturated rings. The molecule has 3 nitrogen and oxygen atoms in total. The third-order valence-electron chi connectivity index (χ3n) is 1.46. The fourth-order valence-corrected chi connectivity index (χ4v) is 0.857. The van der Waals surface area contributed by atoms with Crippen molar-refractivity contribution in [2.45, 2.75) is 13.3 Å². The molecule has 0 amide bonds. The summed E-state index contributed by atoms with van der Waals surface area (Å²) in [5, 5.41) is 3.74. The van der Waals surface area contributed by atoms with Gasteiger partial charge in [-0.15, -0.1) is 0 Å². The van der Waals surface area contributed by atoms with Crippen LogP contribution >= 0.6 is 0 Å². The fourth-order valence-electron chi connectivity index (χ4n) is 0.857. The molecule has 0 bridgehead atoms. The first-order valence-corrected chi connectivity index (χ1v) is 3.49. The molecule has 0 aliphatic carbocycles. The van der Waals surface area contributed by atoms with Gasteiger partial charge in [-0.1, -0.05) is 13.5 Å². The van der Waals surface area contributed by atoms with Crippen molar-refractivity contribution in [3.63, 3.8) is 0 Å². The van der Waals surface area contributed by atoms with Gasteiger partial charge in [-0.25, -0.2) is 9.66 Å². The highest BCUT2D eigenvalue weighted by Crippen LogP contribution is 2.04. The highest BCUT2D eigenvalue weighted by atomic mass is 15.4. The molecule has 0 unspecified atom stereocenters. The normalized spacial score (nSPS) is 9.55. The summed E-state index contributed by atoms with van der Waals surface area (Å²) < 4.78 is 1.62. The van der Waals surface area contributed by atoms with Gasteiger partial charge in [-0.05, 0) is 12.5 Å². The van der Waals surface area contributed by atoms with Gasteiger partial charge < -0.3 is 0 Å². The summed E-state index contributed by atoms with van der Waals surface area (Å²) in [7, 11) is 0. The third kappa shape index (κ3) is 1.37.